The Hall–Kier alpha value is -2.07. The molecule has 128 valence electrons. The molecule has 0 saturated carbocycles. The van der Waals surface area contributed by atoms with Crippen LogP contribution in [0.25, 0.3) is 0 Å². The lowest BCUT2D eigenvalue weighted by atomic mass is 10.1. The number of rotatable bonds is 8. The molecule has 1 heterocycles. The van der Waals surface area contributed by atoms with Crippen molar-refractivity contribution in [2.45, 2.75) is 40.4 Å². The summed E-state index contributed by atoms with van der Waals surface area (Å²) in [5, 5.41) is 0.363. The highest BCUT2D eigenvalue weighted by Crippen LogP contribution is 2.24. The van der Waals surface area contributed by atoms with Crippen LogP contribution in [0.1, 0.15) is 37.7 Å². The topological polar surface area (TPSA) is 44.2 Å². The summed E-state index contributed by atoms with van der Waals surface area (Å²) in [6.07, 6.45) is 4.17. The molecule has 0 spiro atoms. The van der Waals surface area contributed by atoms with Gasteiger partial charge in [0.25, 0.3) is 0 Å². The first-order chi connectivity index (χ1) is 11.6. The monoisotopic (exact) mass is 346 g/mol. The van der Waals surface area contributed by atoms with Crippen molar-refractivity contribution in [3.05, 3.63) is 64.8 Å². The van der Waals surface area contributed by atoms with Gasteiger partial charge in [-0.05, 0) is 24.8 Å². The van der Waals surface area contributed by atoms with Crippen molar-refractivity contribution in [1.82, 2.24) is 9.97 Å². The number of ether oxygens (including phenoxy) is 2. The third kappa shape index (κ3) is 5.53. The summed E-state index contributed by atoms with van der Waals surface area (Å²) in [6.45, 7) is 6.84. The van der Waals surface area contributed by atoms with Gasteiger partial charge in [0, 0.05) is 0 Å². The maximum Gasteiger partial charge on any atom is 0.236 e. The predicted molar refractivity (Wildman–Crippen MR) is 96.0 cm³/mol. The molecular formula is C19H23ClN2O2. The molecule has 0 bridgehead atoms. The van der Waals surface area contributed by atoms with E-state index in [2.05, 4.69) is 23.8 Å². The predicted octanol–water partition coefficient (Wildman–Crippen LogP) is 4.96. The molecule has 0 aliphatic rings. The van der Waals surface area contributed by atoms with Gasteiger partial charge < -0.3 is 9.47 Å². The van der Waals surface area contributed by atoms with Crippen LogP contribution in [0.5, 0.6) is 5.88 Å². The van der Waals surface area contributed by atoms with Crippen LogP contribution in [0, 0.1) is 5.92 Å². The highest BCUT2D eigenvalue weighted by atomic mass is 35.5. The first kappa shape index (κ1) is 18.3. The number of halogens is 1. The molecule has 2 rings (SSSR count). The average Bonchev–Trinajstić information content (AvgIpc) is 2.56. The Bertz CT molecular complexity index is 673. The van der Waals surface area contributed by atoms with E-state index < -0.39 is 0 Å². The minimum absolute atomic E-state index is 0.264. The fourth-order valence-corrected chi connectivity index (χ4v) is 2.34. The Labute approximate surface area is 148 Å². The van der Waals surface area contributed by atoms with Crippen molar-refractivity contribution in [3.63, 3.8) is 0 Å². The second kappa shape index (κ2) is 9.28. The van der Waals surface area contributed by atoms with Crippen LogP contribution >= 0.6 is 11.6 Å². The van der Waals surface area contributed by atoms with E-state index in [0.717, 1.165) is 17.7 Å². The van der Waals surface area contributed by atoms with Gasteiger partial charge in [-0.2, -0.15) is 0 Å². The zero-order chi connectivity index (χ0) is 17.4. The zero-order valence-corrected chi connectivity index (χ0v) is 15.1. The van der Waals surface area contributed by atoms with Gasteiger partial charge in [0.15, 0.2) is 5.15 Å². The molecule has 0 N–H and O–H groups in total. The van der Waals surface area contributed by atoms with Crippen molar-refractivity contribution < 1.29 is 9.47 Å². The van der Waals surface area contributed by atoms with Gasteiger partial charge >= 0.3 is 0 Å². The minimum Gasteiger partial charge on any atom is -0.495 e. The smallest absolute Gasteiger partial charge is 0.236 e. The van der Waals surface area contributed by atoms with Gasteiger partial charge in [-0.1, -0.05) is 61.9 Å². The molecule has 0 unspecified atom stereocenters. The summed E-state index contributed by atoms with van der Waals surface area (Å²) in [5.74, 6) is 0.954. The van der Waals surface area contributed by atoms with E-state index in [9.17, 15) is 0 Å². The van der Waals surface area contributed by atoms with Crippen LogP contribution in [0.3, 0.4) is 0 Å². The summed E-state index contributed by atoms with van der Waals surface area (Å²) in [6, 6.07) is 9.98. The second-order valence-corrected chi connectivity index (χ2v) is 6.22. The Morgan fingerprint density at radius 1 is 1.08 bits per heavy atom. The Morgan fingerprint density at radius 3 is 2.50 bits per heavy atom. The maximum absolute atomic E-state index is 6.25. The van der Waals surface area contributed by atoms with Crippen LogP contribution in [0.2, 0.25) is 5.15 Å². The van der Waals surface area contributed by atoms with E-state index in [0.29, 0.717) is 29.3 Å². The van der Waals surface area contributed by atoms with Crippen LogP contribution < -0.4 is 4.74 Å². The molecule has 0 atom stereocenters. The molecule has 0 aliphatic carbocycles. The molecule has 0 fully saturated rings. The number of aromatic nitrogens is 2. The van der Waals surface area contributed by atoms with Gasteiger partial charge in [0.05, 0.1) is 6.26 Å². The Balaban J connectivity index is 2.21. The molecular weight excluding hydrogens is 324 g/mol. The third-order valence-electron chi connectivity index (χ3n) is 3.23. The van der Waals surface area contributed by atoms with E-state index in [-0.39, 0.29) is 6.61 Å². The SMILES string of the molecule is CC=COCc1nc(OCc2ccccc2)c(CC(C)C)nc1Cl. The quantitative estimate of drug-likeness (QED) is 0.634. The molecule has 0 amide bonds. The molecule has 0 aliphatic heterocycles. The molecule has 0 radical (unpaired) electrons. The summed E-state index contributed by atoms with van der Waals surface area (Å²) >= 11 is 6.25. The maximum atomic E-state index is 6.25. The lowest BCUT2D eigenvalue weighted by Crippen LogP contribution is -2.09. The normalized spacial score (nSPS) is 11.2. The molecule has 1 aromatic carbocycles. The fraction of sp³-hybridized carbons (Fsp3) is 0.368. The van der Waals surface area contributed by atoms with Gasteiger partial charge in [0.2, 0.25) is 5.88 Å². The van der Waals surface area contributed by atoms with Crippen molar-refractivity contribution in [2.24, 2.45) is 5.92 Å². The highest BCUT2D eigenvalue weighted by molar-refractivity contribution is 6.30. The van der Waals surface area contributed by atoms with E-state index >= 15 is 0 Å². The van der Waals surface area contributed by atoms with Crippen molar-refractivity contribution in [2.75, 3.05) is 0 Å². The molecule has 5 heteroatoms. The third-order valence-corrected chi connectivity index (χ3v) is 3.53. The largest absolute Gasteiger partial charge is 0.495 e. The van der Waals surface area contributed by atoms with Crippen LogP contribution in [-0.2, 0) is 24.4 Å². The van der Waals surface area contributed by atoms with Gasteiger partial charge in [0.1, 0.15) is 24.6 Å². The molecule has 0 saturated heterocycles. The fourth-order valence-electron chi connectivity index (χ4n) is 2.14. The van der Waals surface area contributed by atoms with Gasteiger partial charge in [-0.15, -0.1) is 0 Å². The minimum atomic E-state index is 0.264. The van der Waals surface area contributed by atoms with Crippen LogP contribution in [0.4, 0.5) is 0 Å². The number of allylic oxidation sites excluding steroid dienone is 1. The van der Waals surface area contributed by atoms with E-state index in [1.54, 1.807) is 12.3 Å². The van der Waals surface area contributed by atoms with Crippen molar-refractivity contribution in [1.29, 1.82) is 0 Å². The average molecular weight is 347 g/mol. The summed E-state index contributed by atoms with van der Waals surface area (Å²) in [7, 11) is 0. The van der Waals surface area contributed by atoms with Crippen LogP contribution in [0.15, 0.2) is 42.7 Å². The Morgan fingerprint density at radius 2 is 1.83 bits per heavy atom. The molecule has 1 aromatic heterocycles. The van der Waals surface area contributed by atoms with Gasteiger partial charge in [-0.3, -0.25) is 0 Å². The zero-order valence-electron chi connectivity index (χ0n) is 14.3. The first-order valence-electron chi connectivity index (χ1n) is 8.05. The highest BCUT2D eigenvalue weighted by Gasteiger charge is 2.15. The van der Waals surface area contributed by atoms with E-state index in [1.165, 1.54) is 0 Å². The van der Waals surface area contributed by atoms with E-state index in [4.69, 9.17) is 21.1 Å². The van der Waals surface area contributed by atoms with E-state index in [1.807, 2.05) is 37.3 Å². The van der Waals surface area contributed by atoms with Crippen LogP contribution in [-0.4, -0.2) is 9.97 Å². The van der Waals surface area contributed by atoms with Crippen molar-refractivity contribution in [3.8, 4) is 5.88 Å². The number of nitrogens with zero attached hydrogens (tertiary/aromatic N) is 2. The second-order valence-electron chi connectivity index (χ2n) is 5.87. The first-order valence-corrected chi connectivity index (χ1v) is 8.42. The standard InChI is InChI=1S/C19H23ClN2O2/c1-4-10-23-13-17-18(20)21-16(11-14(2)3)19(22-17)24-12-15-8-6-5-7-9-15/h4-10,14H,11-13H2,1-3H3. The molecule has 4 nitrogen and oxygen atoms in total. The lowest BCUT2D eigenvalue weighted by Gasteiger charge is -2.14. The van der Waals surface area contributed by atoms with Crippen molar-refractivity contribution >= 4 is 11.6 Å². The number of hydrogen-bond donors (Lipinski definition) is 0. The summed E-state index contributed by atoms with van der Waals surface area (Å²) < 4.78 is 11.3. The molecule has 24 heavy (non-hydrogen) atoms. The summed E-state index contributed by atoms with van der Waals surface area (Å²) in [5.41, 5.74) is 2.43. The lowest BCUT2D eigenvalue weighted by molar-refractivity contribution is 0.227. The number of hydrogen-bond acceptors (Lipinski definition) is 4. The summed E-state index contributed by atoms with van der Waals surface area (Å²) in [4.78, 5) is 9.01. The number of benzene rings is 1. The molecule has 2 aromatic rings. The van der Waals surface area contributed by atoms with Gasteiger partial charge in [-0.25, -0.2) is 9.97 Å². The Kier molecular flexibility index (Phi) is 7.07.